The molecule has 0 aliphatic rings. The number of benzene rings is 1. The number of carbonyl (C=O) groups is 1. The van der Waals surface area contributed by atoms with E-state index in [4.69, 9.17) is 0 Å². The Morgan fingerprint density at radius 1 is 1.24 bits per heavy atom. The van der Waals surface area contributed by atoms with Gasteiger partial charge in [-0.1, -0.05) is 30.3 Å². The maximum absolute atomic E-state index is 12.8. The van der Waals surface area contributed by atoms with Crippen LogP contribution < -0.4 is 5.32 Å². The van der Waals surface area contributed by atoms with E-state index in [1.54, 1.807) is 28.4 Å². The minimum atomic E-state index is -0.107. The predicted molar refractivity (Wildman–Crippen MR) is 101 cm³/mol. The van der Waals surface area contributed by atoms with Crippen LogP contribution in [0, 0.1) is 0 Å². The number of amides is 1. The molecule has 1 aromatic carbocycles. The first-order chi connectivity index (χ1) is 12.2. The minimum absolute atomic E-state index is 0.107. The molecule has 0 aliphatic carbocycles. The third-order valence-electron chi connectivity index (χ3n) is 4.19. The zero-order chi connectivity index (χ0) is 17.2. The Hall–Kier alpha value is -2.86. The number of anilines is 1. The van der Waals surface area contributed by atoms with Crippen molar-refractivity contribution in [2.75, 3.05) is 5.32 Å². The van der Waals surface area contributed by atoms with Crippen molar-refractivity contribution in [3.8, 4) is 0 Å². The highest BCUT2D eigenvalue weighted by atomic mass is 32.1. The van der Waals surface area contributed by atoms with Gasteiger partial charge in [-0.25, -0.2) is 0 Å². The summed E-state index contributed by atoms with van der Waals surface area (Å²) in [5.41, 5.74) is 3.75. The number of rotatable bonds is 5. The van der Waals surface area contributed by atoms with E-state index in [9.17, 15) is 4.79 Å². The van der Waals surface area contributed by atoms with Gasteiger partial charge in [-0.2, -0.15) is 5.10 Å². The molecule has 25 heavy (non-hydrogen) atoms. The number of nitrogens with one attached hydrogen (secondary N) is 1. The van der Waals surface area contributed by atoms with Crippen LogP contribution in [0.15, 0.2) is 60.2 Å². The fourth-order valence-electron chi connectivity index (χ4n) is 2.97. The van der Waals surface area contributed by atoms with Gasteiger partial charge in [0.05, 0.1) is 22.1 Å². The Morgan fingerprint density at radius 2 is 2.08 bits per heavy atom. The van der Waals surface area contributed by atoms with E-state index < -0.39 is 0 Å². The number of aromatic nitrogens is 3. The average molecular weight is 350 g/mol. The fourth-order valence-corrected chi connectivity index (χ4v) is 3.79. The first-order valence-electron chi connectivity index (χ1n) is 8.11. The van der Waals surface area contributed by atoms with Gasteiger partial charge in [0.15, 0.2) is 0 Å². The summed E-state index contributed by atoms with van der Waals surface area (Å²) in [6.07, 6.45) is 4.32. The lowest BCUT2D eigenvalue weighted by Crippen LogP contribution is -2.17. The van der Waals surface area contributed by atoms with E-state index >= 15 is 0 Å². The van der Waals surface area contributed by atoms with Crippen LogP contribution in [-0.4, -0.2) is 20.3 Å². The smallest absolute Gasteiger partial charge is 0.272 e. The fraction of sp³-hybridized carbons (Fsp3) is 0.158. The molecule has 0 spiro atoms. The third kappa shape index (κ3) is 3.21. The molecule has 5 nitrogen and oxygen atoms in total. The Balaban J connectivity index is 1.61. The molecule has 126 valence electrons. The summed E-state index contributed by atoms with van der Waals surface area (Å²) in [5.74, 6) is -0.107. The van der Waals surface area contributed by atoms with E-state index in [1.165, 1.54) is 5.56 Å². The second-order valence-corrected chi connectivity index (χ2v) is 6.89. The number of nitrogens with zero attached hydrogens (tertiary/aromatic N) is 3. The van der Waals surface area contributed by atoms with Crippen LogP contribution in [0.5, 0.6) is 0 Å². The second-order valence-electron chi connectivity index (χ2n) is 5.94. The summed E-state index contributed by atoms with van der Waals surface area (Å²) in [7, 11) is 1.83. The van der Waals surface area contributed by atoms with Crippen molar-refractivity contribution in [3.63, 3.8) is 0 Å². The Kier molecular flexibility index (Phi) is 4.11. The van der Waals surface area contributed by atoms with E-state index in [1.807, 2.05) is 31.3 Å². The zero-order valence-electron chi connectivity index (χ0n) is 13.8. The van der Waals surface area contributed by atoms with Crippen LogP contribution in [0.3, 0.4) is 0 Å². The molecule has 0 atom stereocenters. The number of hydrogen-bond acceptors (Lipinski definition) is 3. The van der Waals surface area contributed by atoms with Gasteiger partial charge in [0.1, 0.15) is 5.69 Å². The van der Waals surface area contributed by atoms with Crippen molar-refractivity contribution >= 4 is 33.1 Å². The molecule has 4 aromatic rings. The lowest BCUT2D eigenvalue weighted by Gasteiger charge is -2.10. The Labute approximate surface area is 149 Å². The average Bonchev–Trinajstić information content (AvgIpc) is 3.30. The summed E-state index contributed by atoms with van der Waals surface area (Å²) in [6.45, 7) is 0.764. The van der Waals surface area contributed by atoms with Crippen LogP contribution >= 0.6 is 11.3 Å². The summed E-state index contributed by atoms with van der Waals surface area (Å²) in [4.78, 5) is 12.8. The molecule has 0 fully saturated rings. The van der Waals surface area contributed by atoms with Crippen molar-refractivity contribution in [3.05, 3.63) is 71.5 Å². The SMILES string of the molecule is Cn1cc(NC(=O)c2cc3sccc3n2CCc2ccccc2)cn1. The van der Waals surface area contributed by atoms with Gasteiger partial charge < -0.3 is 9.88 Å². The van der Waals surface area contributed by atoms with Crippen molar-refractivity contribution in [1.29, 1.82) is 0 Å². The topological polar surface area (TPSA) is 51.9 Å². The number of hydrogen-bond donors (Lipinski definition) is 1. The van der Waals surface area contributed by atoms with Gasteiger partial charge in [-0.15, -0.1) is 11.3 Å². The first-order valence-corrected chi connectivity index (χ1v) is 8.99. The third-order valence-corrected chi connectivity index (χ3v) is 5.04. The van der Waals surface area contributed by atoms with Crippen LogP contribution in [-0.2, 0) is 20.0 Å². The molecular formula is C19H18N4OS. The maximum atomic E-state index is 12.8. The number of aryl methyl sites for hydroxylation is 3. The monoisotopic (exact) mass is 350 g/mol. The molecule has 0 saturated heterocycles. The number of fused-ring (bicyclic) bond motifs is 1. The molecule has 1 N–H and O–H groups in total. The van der Waals surface area contributed by atoms with Gasteiger partial charge in [-0.3, -0.25) is 9.48 Å². The van der Waals surface area contributed by atoms with Crippen LogP contribution in [0.25, 0.3) is 10.2 Å². The molecule has 0 saturated carbocycles. The first kappa shape index (κ1) is 15.7. The van der Waals surface area contributed by atoms with E-state index in [-0.39, 0.29) is 5.91 Å². The van der Waals surface area contributed by atoms with E-state index in [2.05, 4.69) is 38.6 Å². The molecular weight excluding hydrogens is 332 g/mol. The molecule has 4 rings (SSSR count). The Morgan fingerprint density at radius 3 is 2.84 bits per heavy atom. The van der Waals surface area contributed by atoms with Crippen molar-refractivity contribution in [1.82, 2.24) is 14.3 Å². The maximum Gasteiger partial charge on any atom is 0.272 e. The van der Waals surface area contributed by atoms with Gasteiger partial charge in [0.2, 0.25) is 0 Å². The van der Waals surface area contributed by atoms with Crippen LogP contribution in [0.4, 0.5) is 5.69 Å². The van der Waals surface area contributed by atoms with Gasteiger partial charge in [0, 0.05) is 19.8 Å². The lowest BCUT2D eigenvalue weighted by atomic mass is 10.1. The molecule has 6 heteroatoms. The second kappa shape index (κ2) is 6.57. The Bertz CT molecular complexity index is 1010. The highest BCUT2D eigenvalue weighted by Crippen LogP contribution is 2.26. The molecule has 1 amide bonds. The largest absolute Gasteiger partial charge is 0.335 e. The van der Waals surface area contributed by atoms with Crippen molar-refractivity contribution in [2.24, 2.45) is 7.05 Å². The molecule has 0 radical (unpaired) electrons. The molecule has 0 bridgehead atoms. The van der Waals surface area contributed by atoms with Gasteiger partial charge >= 0.3 is 0 Å². The highest BCUT2D eigenvalue weighted by molar-refractivity contribution is 7.17. The van der Waals surface area contributed by atoms with E-state index in [0.717, 1.165) is 23.2 Å². The van der Waals surface area contributed by atoms with E-state index in [0.29, 0.717) is 11.4 Å². The molecule has 3 aromatic heterocycles. The highest BCUT2D eigenvalue weighted by Gasteiger charge is 2.17. The van der Waals surface area contributed by atoms with Gasteiger partial charge in [-0.05, 0) is 29.5 Å². The zero-order valence-corrected chi connectivity index (χ0v) is 14.7. The number of thiophene rings is 1. The lowest BCUT2D eigenvalue weighted by molar-refractivity contribution is 0.101. The predicted octanol–water partition coefficient (Wildman–Crippen LogP) is 3.93. The normalized spacial score (nSPS) is 11.1. The number of carbonyl (C=O) groups excluding carboxylic acids is 1. The van der Waals surface area contributed by atoms with Crippen molar-refractivity contribution in [2.45, 2.75) is 13.0 Å². The summed E-state index contributed by atoms with van der Waals surface area (Å²) >= 11 is 1.65. The van der Waals surface area contributed by atoms with Crippen molar-refractivity contribution < 1.29 is 4.79 Å². The summed E-state index contributed by atoms with van der Waals surface area (Å²) in [6, 6.07) is 14.4. The summed E-state index contributed by atoms with van der Waals surface area (Å²) < 4.78 is 4.90. The molecule has 0 unspecified atom stereocenters. The van der Waals surface area contributed by atoms with Gasteiger partial charge in [0.25, 0.3) is 5.91 Å². The quantitative estimate of drug-likeness (QED) is 0.593. The van der Waals surface area contributed by atoms with Crippen LogP contribution in [0.2, 0.25) is 0 Å². The van der Waals surface area contributed by atoms with Crippen LogP contribution in [0.1, 0.15) is 16.1 Å². The molecule has 3 heterocycles. The molecule has 0 aliphatic heterocycles. The summed E-state index contributed by atoms with van der Waals surface area (Å²) in [5, 5.41) is 9.08. The standard InChI is InChI=1S/C19H18N4OS/c1-22-13-15(12-20-22)21-19(24)17-11-18-16(8-10-25-18)23(17)9-7-14-5-3-2-4-6-14/h2-6,8,10-13H,7,9H2,1H3,(H,21,24). The minimum Gasteiger partial charge on any atom is -0.335 e.